The van der Waals surface area contributed by atoms with E-state index in [1.165, 1.54) is 0 Å². The molecule has 0 spiro atoms. The largest absolute Gasteiger partial charge is 0.343 e. The Kier molecular flexibility index (Phi) is 3.55. The zero-order valence-electron chi connectivity index (χ0n) is 6.97. The van der Waals surface area contributed by atoms with Crippen LogP contribution in [0.25, 0.3) is 0 Å². The van der Waals surface area contributed by atoms with E-state index < -0.39 is 0 Å². The summed E-state index contributed by atoms with van der Waals surface area (Å²) in [6.45, 7) is 1.13. The maximum absolute atomic E-state index is 11.1. The van der Waals surface area contributed by atoms with Crippen LogP contribution in [0.5, 0.6) is 0 Å². The molecule has 2 N–H and O–H groups in total. The van der Waals surface area contributed by atoms with E-state index >= 15 is 0 Å². The molecular formula is C8H13N3O. The van der Waals surface area contributed by atoms with Gasteiger partial charge in [0.2, 0.25) is 5.91 Å². The van der Waals surface area contributed by atoms with Crippen LogP contribution in [0, 0.1) is 11.3 Å². The highest BCUT2D eigenvalue weighted by molar-refractivity contribution is 5.76. The molecule has 1 saturated heterocycles. The Balaban J connectivity index is 2.13. The van der Waals surface area contributed by atoms with Gasteiger partial charge in [0.05, 0.1) is 6.07 Å². The summed E-state index contributed by atoms with van der Waals surface area (Å²) < 4.78 is 0. The lowest BCUT2D eigenvalue weighted by Crippen LogP contribution is -2.31. The van der Waals surface area contributed by atoms with E-state index in [0.29, 0.717) is 12.5 Å². The summed E-state index contributed by atoms with van der Waals surface area (Å²) in [6, 6.07) is 2.19. The third-order valence-corrected chi connectivity index (χ3v) is 1.96. The number of carbonyl (C=O) groups is 1. The van der Waals surface area contributed by atoms with Crippen molar-refractivity contribution in [2.24, 2.45) is 0 Å². The molecule has 0 aromatic heterocycles. The molecule has 1 atom stereocenters. The van der Waals surface area contributed by atoms with Crippen LogP contribution in [-0.4, -0.2) is 25.0 Å². The molecule has 4 heteroatoms. The summed E-state index contributed by atoms with van der Waals surface area (Å²) in [4.78, 5) is 11.1. The van der Waals surface area contributed by atoms with Crippen molar-refractivity contribution >= 4 is 5.91 Å². The highest BCUT2D eigenvalue weighted by Crippen LogP contribution is 2.07. The van der Waals surface area contributed by atoms with E-state index in [1.807, 2.05) is 6.07 Å². The van der Waals surface area contributed by atoms with Crippen molar-refractivity contribution in [1.82, 2.24) is 10.6 Å². The first-order valence-corrected chi connectivity index (χ1v) is 4.20. The van der Waals surface area contributed by atoms with Crippen LogP contribution in [0.1, 0.15) is 19.3 Å². The van der Waals surface area contributed by atoms with Crippen LogP contribution in [0.4, 0.5) is 0 Å². The number of nitriles is 1. The Morgan fingerprint density at radius 3 is 3.17 bits per heavy atom. The second-order valence-corrected chi connectivity index (χ2v) is 2.93. The van der Waals surface area contributed by atoms with Crippen molar-refractivity contribution in [2.45, 2.75) is 25.3 Å². The summed E-state index contributed by atoms with van der Waals surface area (Å²) in [5, 5.41) is 13.9. The third kappa shape index (κ3) is 2.89. The van der Waals surface area contributed by atoms with E-state index in [1.54, 1.807) is 0 Å². The molecule has 0 aromatic carbocycles. The molecule has 1 rings (SSSR count). The normalized spacial score (nSPS) is 21.8. The van der Waals surface area contributed by atoms with E-state index in [-0.39, 0.29) is 12.5 Å². The highest BCUT2D eigenvalue weighted by Gasteiger charge is 2.16. The lowest BCUT2D eigenvalue weighted by molar-refractivity contribution is -0.121. The minimum absolute atomic E-state index is 0.0315. The lowest BCUT2D eigenvalue weighted by Gasteiger charge is -2.07. The molecule has 1 heterocycles. The number of hydrogen-bond acceptors (Lipinski definition) is 3. The van der Waals surface area contributed by atoms with Crippen molar-refractivity contribution in [3.8, 4) is 6.07 Å². The Morgan fingerprint density at radius 1 is 1.75 bits per heavy atom. The Bertz CT molecular complexity index is 191. The molecule has 1 aliphatic rings. The number of nitrogens with one attached hydrogen (secondary N) is 2. The monoisotopic (exact) mass is 167 g/mol. The number of amides is 1. The molecule has 0 radical (unpaired) electrons. The van der Waals surface area contributed by atoms with Crippen molar-refractivity contribution < 1.29 is 4.79 Å². The van der Waals surface area contributed by atoms with Gasteiger partial charge in [-0.3, -0.25) is 4.79 Å². The average Bonchev–Trinajstić information content (AvgIpc) is 2.53. The van der Waals surface area contributed by atoms with Gasteiger partial charge in [-0.25, -0.2) is 0 Å². The summed E-state index contributed by atoms with van der Waals surface area (Å²) in [5.41, 5.74) is 0. The Labute approximate surface area is 71.9 Å². The number of hydrogen-bond donors (Lipinski definition) is 2. The van der Waals surface area contributed by atoms with Crippen LogP contribution < -0.4 is 10.6 Å². The van der Waals surface area contributed by atoms with E-state index in [9.17, 15) is 4.79 Å². The third-order valence-electron chi connectivity index (χ3n) is 1.96. The molecule has 1 aliphatic heterocycles. The van der Waals surface area contributed by atoms with Gasteiger partial charge in [-0.2, -0.15) is 5.26 Å². The predicted molar refractivity (Wildman–Crippen MR) is 44.3 cm³/mol. The zero-order chi connectivity index (χ0) is 8.81. The van der Waals surface area contributed by atoms with Crippen molar-refractivity contribution in [3.05, 3.63) is 0 Å². The molecule has 1 amide bonds. The smallest absolute Gasteiger partial charge is 0.222 e. The minimum atomic E-state index is -0.0315. The van der Waals surface area contributed by atoms with Crippen LogP contribution >= 0.6 is 0 Å². The molecule has 1 fully saturated rings. The Hall–Kier alpha value is -1.08. The maximum atomic E-state index is 11.1. The molecule has 0 saturated carbocycles. The molecule has 0 bridgehead atoms. The molecule has 0 aliphatic carbocycles. The van der Waals surface area contributed by atoms with Gasteiger partial charge >= 0.3 is 0 Å². The molecule has 4 nitrogen and oxygen atoms in total. The quantitative estimate of drug-likeness (QED) is 0.570. The first kappa shape index (κ1) is 9.01. The summed E-state index contributed by atoms with van der Waals surface area (Å²) in [7, 11) is 0. The van der Waals surface area contributed by atoms with Crippen LogP contribution in [0.3, 0.4) is 0 Å². The molecular weight excluding hydrogens is 154 g/mol. The summed E-state index contributed by atoms with van der Waals surface area (Å²) >= 11 is 0. The van der Waals surface area contributed by atoms with Crippen LogP contribution in [0.15, 0.2) is 0 Å². The van der Waals surface area contributed by atoms with E-state index in [4.69, 9.17) is 5.26 Å². The lowest BCUT2D eigenvalue weighted by atomic mass is 10.1. The molecule has 12 heavy (non-hydrogen) atoms. The van der Waals surface area contributed by atoms with Crippen molar-refractivity contribution in [1.29, 1.82) is 5.26 Å². The van der Waals surface area contributed by atoms with Gasteiger partial charge in [-0.15, -0.1) is 0 Å². The van der Waals surface area contributed by atoms with Crippen molar-refractivity contribution in [2.75, 3.05) is 13.1 Å². The fourth-order valence-corrected chi connectivity index (χ4v) is 1.37. The van der Waals surface area contributed by atoms with Gasteiger partial charge in [-0.05, 0) is 19.4 Å². The fraction of sp³-hybridized carbons (Fsp3) is 0.750. The molecule has 0 aromatic rings. The zero-order valence-corrected chi connectivity index (χ0v) is 6.97. The van der Waals surface area contributed by atoms with Gasteiger partial charge in [0.15, 0.2) is 0 Å². The number of nitrogens with zero attached hydrogens (tertiary/aromatic N) is 1. The fourth-order valence-electron chi connectivity index (χ4n) is 1.37. The first-order chi connectivity index (χ1) is 5.83. The highest BCUT2D eigenvalue weighted by atomic mass is 16.1. The Morgan fingerprint density at radius 2 is 2.58 bits per heavy atom. The van der Waals surface area contributed by atoms with E-state index in [2.05, 4.69) is 10.6 Å². The standard InChI is InChI=1S/C8H13N3O/c9-3-5-11-8(12)6-7-2-1-4-10-7/h7,10H,1-2,4-6H2,(H,11,12). The topological polar surface area (TPSA) is 64.9 Å². The first-order valence-electron chi connectivity index (χ1n) is 4.20. The van der Waals surface area contributed by atoms with Crippen LogP contribution in [0.2, 0.25) is 0 Å². The van der Waals surface area contributed by atoms with Gasteiger partial charge in [0, 0.05) is 12.5 Å². The predicted octanol–water partition coefficient (Wildman–Crippen LogP) is -0.232. The van der Waals surface area contributed by atoms with Gasteiger partial charge in [0.1, 0.15) is 6.54 Å². The van der Waals surface area contributed by atoms with Crippen molar-refractivity contribution in [3.63, 3.8) is 0 Å². The SMILES string of the molecule is N#CCNC(=O)CC1CCCN1. The average molecular weight is 167 g/mol. The number of rotatable bonds is 3. The van der Waals surface area contributed by atoms with Crippen LogP contribution in [-0.2, 0) is 4.79 Å². The van der Waals surface area contributed by atoms with Gasteiger partial charge in [-0.1, -0.05) is 0 Å². The van der Waals surface area contributed by atoms with E-state index in [0.717, 1.165) is 19.4 Å². The molecule has 1 unspecified atom stereocenters. The summed E-state index contributed by atoms with van der Waals surface area (Å²) in [6.07, 6.45) is 2.72. The maximum Gasteiger partial charge on any atom is 0.222 e. The van der Waals surface area contributed by atoms with Gasteiger partial charge < -0.3 is 10.6 Å². The van der Waals surface area contributed by atoms with Gasteiger partial charge in [0.25, 0.3) is 0 Å². The minimum Gasteiger partial charge on any atom is -0.343 e. The summed E-state index contributed by atoms with van der Waals surface area (Å²) in [5.74, 6) is -0.0315. The second-order valence-electron chi connectivity index (χ2n) is 2.93. The second kappa shape index (κ2) is 4.73. The number of carbonyl (C=O) groups excluding carboxylic acids is 1. The molecule has 66 valence electrons.